The Bertz CT molecular complexity index is 1130. The highest BCUT2D eigenvalue weighted by molar-refractivity contribution is 5.96. The summed E-state index contributed by atoms with van der Waals surface area (Å²) in [5.74, 6) is -6.87. The van der Waals surface area contributed by atoms with Gasteiger partial charge in [-0.2, -0.15) is 0 Å². The third-order valence-corrected chi connectivity index (χ3v) is 10.4. The summed E-state index contributed by atoms with van der Waals surface area (Å²) in [6.45, 7) is 12.0. The van der Waals surface area contributed by atoms with Gasteiger partial charge in [-0.25, -0.2) is 0 Å². The normalized spacial score (nSPS) is 43.9. The molecule has 0 aliphatic heterocycles. The van der Waals surface area contributed by atoms with Gasteiger partial charge in [-0.05, 0) is 49.4 Å². The van der Waals surface area contributed by atoms with Gasteiger partial charge in [0.1, 0.15) is 36.1 Å². The molecular formula is C30H44O11. The highest BCUT2D eigenvalue weighted by Crippen LogP contribution is 2.75. The topological polar surface area (TPSA) is 163 Å². The first-order valence-electron chi connectivity index (χ1n) is 14.5. The number of esters is 4. The van der Waals surface area contributed by atoms with Gasteiger partial charge in [-0.3, -0.25) is 24.0 Å². The zero-order chi connectivity index (χ0) is 30.9. The molecule has 0 bridgehead atoms. The molecule has 0 heterocycles. The summed E-state index contributed by atoms with van der Waals surface area (Å²) in [6, 6.07) is 0. The quantitative estimate of drug-likeness (QED) is 0.335. The third kappa shape index (κ3) is 4.76. The van der Waals surface area contributed by atoms with Crippen LogP contribution in [0.4, 0.5) is 0 Å². The van der Waals surface area contributed by atoms with Crippen LogP contribution in [0, 0.1) is 40.4 Å². The number of carbonyl (C=O) groups is 5. The smallest absolute Gasteiger partial charge is 0.306 e. The van der Waals surface area contributed by atoms with E-state index in [-0.39, 0.29) is 24.7 Å². The van der Waals surface area contributed by atoms with Crippen molar-refractivity contribution in [2.45, 2.75) is 111 Å². The molecule has 4 aliphatic carbocycles. The van der Waals surface area contributed by atoms with Crippen LogP contribution in [0.1, 0.15) is 81.1 Å². The number of ether oxygens (including phenoxy) is 4. The predicted octanol–water partition coefficient (Wildman–Crippen LogP) is 2.12. The number of rotatable bonds is 7. The van der Waals surface area contributed by atoms with Crippen molar-refractivity contribution in [3.63, 3.8) is 0 Å². The molecule has 0 aromatic carbocycles. The Morgan fingerprint density at radius 3 is 2.07 bits per heavy atom. The molecule has 0 aromatic rings. The van der Waals surface area contributed by atoms with Gasteiger partial charge in [0.2, 0.25) is 0 Å². The number of aliphatic hydroxyl groups is 2. The number of fused-ring (bicyclic) bond motifs is 4. The van der Waals surface area contributed by atoms with Crippen molar-refractivity contribution in [3.05, 3.63) is 0 Å². The number of hydrogen-bond acceptors (Lipinski definition) is 11. The van der Waals surface area contributed by atoms with Crippen molar-refractivity contribution >= 4 is 29.7 Å². The fraction of sp³-hybridized carbons (Fsp3) is 0.833. The van der Waals surface area contributed by atoms with E-state index >= 15 is 0 Å². The molecule has 0 radical (unpaired) electrons. The standard InChI is InChI=1S/C30H44O11/c1-9-10-20(34)41-25-22-23(40-17(5)33)14(2)12-30(22,37)26(35)28(8,36)24-21-18(27(21,6)7)11-19(39-16(4)32)29(24,25)13-38-15(3)31/h14,18-19,21-25,36-37H,9-13H2,1-8H3. The molecule has 2 N–H and O–H groups in total. The van der Waals surface area contributed by atoms with E-state index in [1.165, 1.54) is 27.7 Å². The molecule has 41 heavy (non-hydrogen) atoms. The number of ketones is 1. The van der Waals surface area contributed by atoms with Gasteiger partial charge in [0.05, 0.1) is 11.3 Å². The van der Waals surface area contributed by atoms with Crippen LogP contribution in [0.15, 0.2) is 0 Å². The summed E-state index contributed by atoms with van der Waals surface area (Å²) in [7, 11) is 0. The minimum absolute atomic E-state index is 0.00383. The molecule has 4 rings (SSSR count). The molecule has 0 spiro atoms. The Labute approximate surface area is 240 Å². The number of carbonyl (C=O) groups excluding carboxylic acids is 5. The second kappa shape index (κ2) is 10.3. The second-order valence-electron chi connectivity index (χ2n) is 13.5. The second-order valence-corrected chi connectivity index (χ2v) is 13.5. The maximum absolute atomic E-state index is 14.4. The summed E-state index contributed by atoms with van der Waals surface area (Å²) < 4.78 is 23.5. The fourth-order valence-corrected chi connectivity index (χ4v) is 8.88. The van der Waals surface area contributed by atoms with Gasteiger partial charge < -0.3 is 29.2 Å². The molecule has 0 saturated heterocycles. The van der Waals surface area contributed by atoms with Crippen molar-refractivity contribution in [1.29, 1.82) is 0 Å². The molecule has 4 fully saturated rings. The summed E-state index contributed by atoms with van der Waals surface area (Å²) in [5, 5.41) is 24.6. The Morgan fingerprint density at radius 1 is 0.927 bits per heavy atom. The van der Waals surface area contributed by atoms with E-state index in [4.69, 9.17) is 18.9 Å². The van der Waals surface area contributed by atoms with Crippen LogP contribution in [0.25, 0.3) is 0 Å². The lowest BCUT2D eigenvalue weighted by molar-refractivity contribution is -0.235. The Kier molecular flexibility index (Phi) is 7.91. The Balaban J connectivity index is 2.09. The summed E-state index contributed by atoms with van der Waals surface area (Å²) >= 11 is 0. The minimum Gasteiger partial charge on any atom is -0.465 e. The van der Waals surface area contributed by atoms with Crippen LogP contribution in [-0.4, -0.2) is 76.0 Å². The van der Waals surface area contributed by atoms with E-state index in [0.29, 0.717) is 12.8 Å². The van der Waals surface area contributed by atoms with E-state index in [9.17, 15) is 34.2 Å². The van der Waals surface area contributed by atoms with E-state index in [1.807, 2.05) is 13.8 Å². The molecule has 11 atom stereocenters. The maximum atomic E-state index is 14.4. The Hall–Kier alpha value is -2.53. The molecular weight excluding hydrogens is 536 g/mol. The van der Waals surface area contributed by atoms with Crippen molar-refractivity contribution in [2.24, 2.45) is 40.4 Å². The van der Waals surface area contributed by atoms with E-state index in [1.54, 1.807) is 13.8 Å². The molecule has 230 valence electrons. The molecule has 11 heteroatoms. The van der Waals surface area contributed by atoms with Crippen LogP contribution in [0.3, 0.4) is 0 Å². The molecule has 0 amide bonds. The zero-order valence-corrected chi connectivity index (χ0v) is 25.2. The van der Waals surface area contributed by atoms with Crippen molar-refractivity contribution < 1.29 is 53.1 Å². The molecule has 11 nitrogen and oxygen atoms in total. The summed E-state index contributed by atoms with van der Waals surface area (Å²) in [4.78, 5) is 64.9. The predicted molar refractivity (Wildman–Crippen MR) is 142 cm³/mol. The van der Waals surface area contributed by atoms with Crippen LogP contribution >= 0.6 is 0 Å². The monoisotopic (exact) mass is 580 g/mol. The number of Topliss-reactive ketones (excluding diaryl/α,β-unsaturated/α-hetero) is 1. The van der Waals surface area contributed by atoms with E-state index in [0.717, 1.165) is 0 Å². The average molecular weight is 581 g/mol. The van der Waals surface area contributed by atoms with Gasteiger partial charge >= 0.3 is 23.9 Å². The fourth-order valence-electron chi connectivity index (χ4n) is 8.88. The van der Waals surface area contributed by atoms with Crippen molar-refractivity contribution in [3.8, 4) is 0 Å². The highest BCUT2D eigenvalue weighted by Gasteiger charge is 2.82. The number of hydrogen-bond donors (Lipinski definition) is 2. The van der Waals surface area contributed by atoms with Gasteiger partial charge in [0.25, 0.3) is 0 Å². The third-order valence-electron chi connectivity index (χ3n) is 10.4. The summed E-state index contributed by atoms with van der Waals surface area (Å²) in [6.07, 6.45) is -3.02. The first kappa shape index (κ1) is 31.4. The molecule has 4 aliphatic rings. The van der Waals surface area contributed by atoms with E-state index < -0.39 is 94.4 Å². The molecule has 0 aromatic heterocycles. The van der Waals surface area contributed by atoms with Crippen LogP contribution in [-0.2, 0) is 42.9 Å². The maximum Gasteiger partial charge on any atom is 0.306 e. The van der Waals surface area contributed by atoms with Gasteiger partial charge in [0.15, 0.2) is 5.78 Å². The highest BCUT2D eigenvalue weighted by atomic mass is 16.6. The minimum atomic E-state index is -2.27. The lowest BCUT2D eigenvalue weighted by atomic mass is 9.55. The SMILES string of the molecule is CCCC(=O)OC1C2C(OC(C)=O)C(C)CC2(O)C(=O)C(C)(O)C2C3C(CC(OC(C)=O)C12COC(C)=O)C3(C)C. The first-order valence-corrected chi connectivity index (χ1v) is 14.5. The summed E-state index contributed by atoms with van der Waals surface area (Å²) in [5.41, 5.74) is -6.57. The van der Waals surface area contributed by atoms with Crippen molar-refractivity contribution in [2.75, 3.05) is 6.61 Å². The van der Waals surface area contributed by atoms with Crippen LogP contribution in [0.5, 0.6) is 0 Å². The van der Waals surface area contributed by atoms with Gasteiger partial charge in [0, 0.05) is 33.1 Å². The zero-order valence-electron chi connectivity index (χ0n) is 25.2. The Morgan fingerprint density at radius 2 is 1.54 bits per heavy atom. The van der Waals surface area contributed by atoms with E-state index in [2.05, 4.69) is 0 Å². The van der Waals surface area contributed by atoms with Crippen LogP contribution in [0.2, 0.25) is 0 Å². The van der Waals surface area contributed by atoms with Crippen LogP contribution < -0.4 is 0 Å². The molecule has 4 saturated carbocycles. The lowest BCUT2D eigenvalue weighted by Crippen LogP contribution is -2.65. The molecule has 11 unspecified atom stereocenters. The van der Waals surface area contributed by atoms with Gasteiger partial charge in [-0.15, -0.1) is 0 Å². The van der Waals surface area contributed by atoms with Crippen molar-refractivity contribution in [1.82, 2.24) is 0 Å². The largest absolute Gasteiger partial charge is 0.465 e. The average Bonchev–Trinajstić information content (AvgIpc) is 3.28. The first-order chi connectivity index (χ1) is 18.9. The van der Waals surface area contributed by atoms with Gasteiger partial charge in [-0.1, -0.05) is 27.7 Å². The lowest BCUT2D eigenvalue weighted by Gasteiger charge is -2.54.